The SMILES string of the molecule is CC/C=C/C/C=C/C/C=C/C/C=C/C/C=C/CCCC(=O)OC[C@H](CO[C@@H]1O[C@H](CO)[C@H](O)C(O)C1O)OC(=O)CCC/C=C/CCCCCCCCCCCCCCCCCCCC. The average Bonchev–Trinajstić information content (AvgIpc) is 3.30. The molecule has 0 amide bonds. The van der Waals surface area contributed by atoms with E-state index in [-0.39, 0.29) is 26.1 Å². The summed E-state index contributed by atoms with van der Waals surface area (Å²) < 4.78 is 22.1. The van der Waals surface area contributed by atoms with Crippen LogP contribution in [0.15, 0.2) is 72.9 Å². The first-order chi connectivity index (χ1) is 31.8. The van der Waals surface area contributed by atoms with E-state index >= 15 is 0 Å². The average molecular weight is 915 g/mol. The van der Waals surface area contributed by atoms with Crippen molar-refractivity contribution in [2.24, 2.45) is 0 Å². The Labute approximate surface area is 395 Å². The van der Waals surface area contributed by atoms with E-state index in [2.05, 4.69) is 80.7 Å². The molecule has 1 fully saturated rings. The van der Waals surface area contributed by atoms with Gasteiger partial charge in [0.15, 0.2) is 12.4 Å². The number of aliphatic hydroxyl groups excluding tert-OH is 4. The van der Waals surface area contributed by atoms with E-state index < -0.39 is 55.4 Å². The second kappa shape index (κ2) is 44.9. The fourth-order valence-corrected chi connectivity index (χ4v) is 7.52. The molecule has 10 heteroatoms. The number of carbonyl (C=O) groups is 2. The van der Waals surface area contributed by atoms with Crippen LogP contribution in [0.2, 0.25) is 0 Å². The number of rotatable bonds is 43. The first-order valence-electron chi connectivity index (χ1n) is 26.0. The van der Waals surface area contributed by atoms with Crippen molar-refractivity contribution in [2.45, 2.75) is 243 Å². The maximum atomic E-state index is 12.8. The van der Waals surface area contributed by atoms with Crippen LogP contribution in [0.1, 0.15) is 206 Å². The van der Waals surface area contributed by atoms with Crippen molar-refractivity contribution in [3.63, 3.8) is 0 Å². The van der Waals surface area contributed by atoms with Gasteiger partial charge in [0, 0.05) is 12.8 Å². The number of unbranched alkanes of at least 4 members (excludes halogenated alkanes) is 20. The van der Waals surface area contributed by atoms with Crippen LogP contribution < -0.4 is 0 Å². The van der Waals surface area contributed by atoms with Crippen LogP contribution in [0, 0.1) is 0 Å². The van der Waals surface area contributed by atoms with Crippen molar-refractivity contribution < 1.29 is 49.0 Å². The Morgan fingerprint density at radius 3 is 1.38 bits per heavy atom. The molecule has 0 saturated carbocycles. The summed E-state index contributed by atoms with van der Waals surface area (Å²) in [6.07, 6.45) is 50.8. The highest BCUT2D eigenvalue weighted by Gasteiger charge is 2.44. The molecule has 0 aliphatic carbocycles. The van der Waals surface area contributed by atoms with Crippen molar-refractivity contribution in [3.8, 4) is 0 Å². The molecule has 1 aliphatic heterocycles. The Morgan fingerprint density at radius 1 is 0.492 bits per heavy atom. The second-order valence-electron chi connectivity index (χ2n) is 17.6. The molecule has 10 nitrogen and oxygen atoms in total. The van der Waals surface area contributed by atoms with Crippen LogP contribution in [0.3, 0.4) is 0 Å². The highest BCUT2D eigenvalue weighted by molar-refractivity contribution is 5.70. The minimum Gasteiger partial charge on any atom is -0.462 e. The lowest BCUT2D eigenvalue weighted by atomic mass is 9.99. The number of hydrogen-bond donors (Lipinski definition) is 4. The fourth-order valence-electron chi connectivity index (χ4n) is 7.52. The van der Waals surface area contributed by atoms with Crippen molar-refractivity contribution in [2.75, 3.05) is 19.8 Å². The molecule has 2 unspecified atom stereocenters. The van der Waals surface area contributed by atoms with Gasteiger partial charge in [0.2, 0.25) is 0 Å². The second-order valence-corrected chi connectivity index (χ2v) is 17.6. The number of aliphatic hydroxyl groups is 4. The zero-order chi connectivity index (χ0) is 47.3. The lowest BCUT2D eigenvalue weighted by molar-refractivity contribution is -0.305. The quantitative estimate of drug-likeness (QED) is 0.0264. The van der Waals surface area contributed by atoms with Crippen LogP contribution in [-0.2, 0) is 28.5 Å². The van der Waals surface area contributed by atoms with Crippen molar-refractivity contribution >= 4 is 11.9 Å². The molecular formula is C55H94O10. The molecule has 1 rings (SSSR count). The topological polar surface area (TPSA) is 152 Å². The zero-order valence-electron chi connectivity index (χ0n) is 41.0. The van der Waals surface area contributed by atoms with Gasteiger partial charge in [0.25, 0.3) is 0 Å². The summed E-state index contributed by atoms with van der Waals surface area (Å²) in [5, 5.41) is 40.2. The maximum absolute atomic E-state index is 12.8. The summed E-state index contributed by atoms with van der Waals surface area (Å²) in [6.45, 7) is 3.24. The minimum absolute atomic E-state index is 0.168. The van der Waals surface area contributed by atoms with Gasteiger partial charge in [-0.3, -0.25) is 9.59 Å². The molecule has 0 aromatic carbocycles. The molecule has 1 aliphatic rings. The Bertz CT molecular complexity index is 1290. The first kappa shape index (κ1) is 60.2. The number of allylic oxidation sites excluding steroid dienone is 12. The van der Waals surface area contributed by atoms with E-state index in [0.29, 0.717) is 12.8 Å². The molecule has 1 saturated heterocycles. The van der Waals surface area contributed by atoms with E-state index in [4.69, 9.17) is 18.9 Å². The van der Waals surface area contributed by atoms with Crippen LogP contribution in [0.5, 0.6) is 0 Å². The highest BCUT2D eigenvalue weighted by atomic mass is 16.7. The van der Waals surface area contributed by atoms with Gasteiger partial charge in [-0.15, -0.1) is 0 Å². The number of carbonyl (C=O) groups excluding carboxylic acids is 2. The molecule has 6 atom stereocenters. The third-order valence-corrected chi connectivity index (χ3v) is 11.6. The Kier molecular flexibility index (Phi) is 41.6. The normalized spacial score (nSPS) is 19.9. The summed E-state index contributed by atoms with van der Waals surface area (Å²) in [5.41, 5.74) is 0. The van der Waals surface area contributed by atoms with Crippen molar-refractivity contribution in [1.29, 1.82) is 0 Å². The highest BCUT2D eigenvalue weighted by Crippen LogP contribution is 2.23. The van der Waals surface area contributed by atoms with Crippen LogP contribution in [-0.4, -0.2) is 89.0 Å². The van der Waals surface area contributed by atoms with Crippen LogP contribution in [0.25, 0.3) is 0 Å². The minimum atomic E-state index is -1.61. The largest absolute Gasteiger partial charge is 0.462 e. The Balaban J connectivity index is 2.30. The summed E-state index contributed by atoms with van der Waals surface area (Å²) in [4.78, 5) is 25.4. The molecule has 0 spiro atoms. The van der Waals surface area contributed by atoms with Crippen LogP contribution in [0.4, 0.5) is 0 Å². The van der Waals surface area contributed by atoms with Gasteiger partial charge in [-0.25, -0.2) is 0 Å². The van der Waals surface area contributed by atoms with E-state index in [1.54, 1.807) is 0 Å². The predicted molar refractivity (Wildman–Crippen MR) is 265 cm³/mol. The van der Waals surface area contributed by atoms with E-state index in [9.17, 15) is 30.0 Å². The molecule has 374 valence electrons. The fraction of sp³-hybridized carbons (Fsp3) is 0.745. The van der Waals surface area contributed by atoms with Gasteiger partial charge in [0.05, 0.1) is 13.2 Å². The summed E-state index contributed by atoms with van der Waals surface area (Å²) >= 11 is 0. The molecule has 1 heterocycles. The third kappa shape index (κ3) is 35.9. The van der Waals surface area contributed by atoms with Gasteiger partial charge in [-0.2, -0.15) is 0 Å². The Morgan fingerprint density at radius 2 is 0.908 bits per heavy atom. The van der Waals surface area contributed by atoms with E-state index in [1.807, 2.05) is 6.08 Å². The molecule has 0 aromatic heterocycles. The standard InChI is InChI=1S/C55H94O10/c1-3-5-7-9-11-13-15-17-19-21-22-23-24-25-26-28-30-32-34-36-38-40-42-44-51(58)64-48(47-63-55-54(61)53(60)52(59)49(45-56)65-55)46-62-50(57)43-41-39-37-35-33-31-29-27-20-18-16-14-12-10-8-6-4-2/h6,8,12,14,18,20,29,31,35-38,48-49,52-56,59-61H,3-5,7,9-11,13,15-17,19,21-28,30,32-34,39-47H2,1-2H3/b8-6+,14-12+,20-18+,31-29+,37-35+,38-36+/t48-,49-,52+,53?,54?,55-/m1/s1. The van der Waals surface area contributed by atoms with Gasteiger partial charge in [-0.05, 0) is 70.6 Å². The summed E-state index contributed by atoms with van der Waals surface area (Å²) in [6, 6.07) is 0. The number of hydrogen-bond acceptors (Lipinski definition) is 10. The third-order valence-electron chi connectivity index (χ3n) is 11.6. The number of ether oxygens (including phenoxy) is 4. The van der Waals surface area contributed by atoms with Gasteiger partial charge >= 0.3 is 11.9 Å². The Hall–Kier alpha value is -2.86. The van der Waals surface area contributed by atoms with E-state index in [1.165, 1.54) is 116 Å². The van der Waals surface area contributed by atoms with Gasteiger partial charge in [0.1, 0.15) is 31.0 Å². The molecule has 0 aromatic rings. The summed E-state index contributed by atoms with van der Waals surface area (Å²) in [5.74, 6) is -0.912. The lowest BCUT2D eigenvalue weighted by Crippen LogP contribution is -2.59. The molecular weight excluding hydrogens is 821 g/mol. The molecule has 0 bridgehead atoms. The molecule has 0 radical (unpaired) electrons. The summed E-state index contributed by atoms with van der Waals surface area (Å²) in [7, 11) is 0. The lowest BCUT2D eigenvalue weighted by Gasteiger charge is -2.39. The van der Waals surface area contributed by atoms with Crippen LogP contribution >= 0.6 is 0 Å². The first-order valence-corrected chi connectivity index (χ1v) is 26.0. The van der Waals surface area contributed by atoms with E-state index in [0.717, 1.165) is 51.4 Å². The van der Waals surface area contributed by atoms with Gasteiger partial charge < -0.3 is 39.4 Å². The van der Waals surface area contributed by atoms with Crippen molar-refractivity contribution in [3.05, 3.63) is 72.9 Å². The van der Waals surface area contributed by atoms with Crippen molar-refractivity contribution in [1.82, 2.24) is 0 Å². The number of esters is 2. The van der Waals surface area contributed by atoms with Gasteiger partial charge in [-0.1, -0.05) is 196 Å². The molecule has 65 heavy (non-hydrogen) atoms. The monoisotopic (exact) mass is 915 g/mol. The predicted octanol–water partition coefficient (Wildman–Crippen LogP) is 12.3. The smallest absolute Gasteiger partial charge is 0.306 e. The zero-order valence-corrected chi connectivity index (χ0v) is 41.0. The molecule has 4 N–H and O–H groups in total. The maximum Gasteiger partial charge on any atom is 0.306 e.